The molecular formula is C25H33NO2S. The molecule has 29 heavy (non-hydrogen) atoms. The van der Waals surface area contributed by atoms with Gasteiger partial charge < -0.3 is 0 Å². The third-order valence-corrected chi connectivity index (χ3v) is 8.47. The summed E-state index contributed by atoms with van der Waals surface area (Å²) < 4.78 is 28.8. The van der Waals surface area contributed by atoms with E-state index >= 15 is 0 Å². The van der Waals surface area contributed by atoms with Gasteiger partial charge in [0, 0.05) is 12.6 Å². The molecule has 156 valence electrons. The van der Waals surface area contributed by atoms with Crippen LogP contribution < -0.4 is 0 Å². The first-order valence-electron chi connectivity index (χ1n) is 10.7. The van der Waals surface area contributed by atoms with Crippen LogP contribution in [-0.2, 0) is 10.0 Å². The molecule has 1 fully saturated rings. The number of hydrogen-bond acceptors (Lipinski definition) is 2. The van der Waals surface area contributed by atoms with Crippen LogP contribution in [0.1, 0.15) is 57.1 Å². The largest absolute Gasteiger partial charge is 0.243 e. The highest BCUT2D eigenvalue weighted by atomic mass is 32.2. The second-order valence-electron chi connectivity index (χ2n) is 8.28. The van der Waals surface area contributed by atoms with Crippen LogP contribution in [0.4, 0.5) is 0 Å². The molecule has 0 N–H and O–H groups in total. The fourth-order valence-corrected chi connectivity index (χ4v) is 6.03. The molecule has 1 unspecified atom stereocenters. The van der Waals surface area contributed by atoms with Crippen molar-refractivity contribution in [2.75, 3.05) is 6.54 Å². The van der Waals surface area contributed by atoms with E-state index in [9.17, 15) is 8.42 Å². The lowest BCUT2D eigenvalue weighted by atomic mass is 9.74. The van der Waals surface area contributed by atoms with E-state index in [1.165, 1.54) is 0 Å². The van der Waals surface area contributed by atoms with Gasteiger partial charge in [-0.05, 0) is 49.3 Å². The Kier molecular flexibility index (Phi) is 6.97. The Balaban J connectivity index is 1.99. The fourth-order valence-electron chi connectivity index (χ4n) is 4.41. The van der Waals surface area contributed by atoms with Crippen molar-refractivity contribution in [2.45, 2.75) is 63.8 Å². The first-order valence-corrected chi connectivity index (χ1v) is 12.2. The van der Waals surface area contributed by atoms with E-state index in [1.807, 2.05) is 37.3 Å². The summed E-state index contributed by atoms with van der Waals surface area (Å²) >= 11 is 0. The minimum absolute atomic E-state index is 0.135. The highest BCUT2D eigenvalue weighted by Gasteiger charge is 2.39. The maximum Gasteiger partial charge on any atom is 0.243 e. The Morgan fingerprint density at radius 2 is 1.69 bits per heavy atom. The molecule has 0 saturated carbocycles. The summed E-state index contributed by atoms with van der Waals surface area (Å²) in [7, 11) is -3.54. The second kappa shape index (κ2) is 9.27. The minimum atomic E-state index is -3.54. The molecule has 2 aromatic rings. The number of nitrogens with zero attached hydrogens (tertiary/aromatic N) is 1. The predicted molar refractivity (Wildman–Crippen MR) is 121 cm³/mol. The van der Waals surface area contributed by atoms with Crippen molar-refractivity contribution in [1.29, 1.82) is 0 Å². The molecule has 0 amide bonds. The van der Waals surface area contributed by atoms with Crippen molar-refractivity contribution >= 4 is 16.1 Å². The van der Waals surface area contributed by atoms with Crippen LogP contribution >= 0.6 is 0 Å². The van der Waals surface area contributed by atoms with Crippen molar-refractivity contribution in [3.63, 3.8) is 0 Å². The molecule has 2 aromatic carbocycles. The molecule has 0 spiro atoms. The first-order chi connectivity index (χ1) is 13.9. The minimum Gasteiger partial charge on any atom is -0.207 e. The molecule has 4 heteroatoms. The highest BCUT2D eigenvalue weighted by molar-refractivity contribution is 7.89. The average Bonchev–Trinajstić information content (AvgIpc) is 2.94. The SMILES string of the molecule is CCC1(CC)CCCN(S(=O)(=O)c2ccc(C)cc2)C(/C=C/c2ccccc2)C1. The lowest BCUT2D eigenvalue weighted by Gasteiger charge is -2.34. The summed E-state index contributed by atoms with van der Waals surface area (Å²) in [4.78, 5) is 0.390. The molecule has 0 aliphatic carbocycles. The molecule has 3 nitrogen and oxygen atoms in total. The van der Waals surface area contributed by atoms with Crippen LogP contribution in [0.15, 0.2) is 65.6 Å². The second-order valence-corrected chi connectivity index (χ2v) is 10.2. The Hall–Kier alpha value is -1.91. The summed E-state index contributed by atoms with van der Waals surface area (Å²) in [5, 5.41) is 0. The van der Waals surface area contributed by atoms with Crippen LogP contribution in [0.25, 0.3) is 6.08 Å². The highest BCUT2D eigenvalue weighted by Crippen LogP contribution is 2.42. The van der Waals surface area contributed by atoms with E-state index in [4.69, 9.17) is 0 Å². The lowest BCUT2D eigenvalue weighted by Crippen LogP contribution is -2.40. The Morgan fingerprint density at radius 1 is 1.03 bits per heavy atom. The molecule has 0 aromatic heterocycles. The third kappa shape index (κ3) is 4.99. The smallest absolute Gasteiger partial charge is 0.207 e. The van der Waals surface area contributed by atoms with Gasteiger partial charge in [-0.25, -0.2) is 8.42 Å². The molecule has 1 atom stereocenters. The van der Waals surface area contributed by atoms with Gasteiger partial charge in [0.1, 0.15) is 0 Å². The monoisotopic (exact) mass is 411 g/mol. The topological polar surface area (TPSA) is 37.4 Å². The lowest BCUT2D eigenvalue weighted by molar-refractivity contribution is 0.208. The van der Waals surface area contributed by atoms with Gasteiger partial charge in [0.25, 0.3) is 0 Å². The molecule has 0 radical (unpaired) electrons. The molecule has 1 saturated heterocycles. The Labute approximate surface area is 176 Å². The van der Waals surface area contributed by atoms with Crippen LogP contribution in [0.3, 0.4) is 0 Å². The molecular weight excluding hydrogens is 378 g/mol. The van der Waals surface area contributed by atoms with Crippen LogP contribution in [0.2, 0.25) is 0 Å². The van der Waals surface area contributed by atoms with E-state index in [0.717, 1.165) is 43.2 Å². The Morgan fingerprint density at radius 3 is 2.31 bits per heavy atom. The van der Waals surface area contributed by atoms with Crippen molar-refractivity contribution in [1.82, 2.24) is 4.31 Å². The van der Waals surface area contributed by atoms with E-state index in [1.54, 1.807) is 16.4 Å². The van der Waals surface area contributed by atoms with E-state index in [2.05, 4.69) is 38.1 Å². The fraction of sp³-hybridized carbons (Fsp3) is 0.440. The number of aryl methyl sites for hydroxylation is 1. The molecule has 0 bridgehead atoms. The molecule has 3 rings (SSSR count). The summed E-state index contributed by atoms with van der Waals surface area (Å²) in [5.41, 5.74) is 2.36. The quantitative estimate of drug-likeness (QED) is 0.579. The number of benzene rings is 2. The van der Waals surface area contributed by atoms with E-state index < -0.39 is 10.0 Å². The van der Waals surface area contributed by atoms with Gasteiger partial charge in [-0.15, -0.1) is 0 Å². The summed E-state index contributed by atoms with van der Waals surface area (Å²) in [6.45, 7) is 7.03. The summed E-state index contributed by atoms with van der Waals surface area (Å²) in [6.07, 6.45) is 9.19. The maximum atomic E-state index is 13.6. The molecule has 1 aliphatic rings. The van der Waals surface area contributed by atoms with Crippen LogP contribution in [-0.4, -0.2) is 25.3 Å². The van der Waals surface area contributed by atoms with Crippen molar-refractivity contribution in [3.05, 3.63) is 71.8 Å². The van der Waals surface area contributed by atoms with E-state index in [-0.39, 0.29) is 11.5 Å². The standard InChI is InChI=1S/C25H33NO2S/c1-4-25(5-2)18-9-19-26(29(27,28)24-16-12-21(3)13-17-24)23(20-25)15-14-22-10-7-6-8-11-22/h6-8,10-17,23H,4-5,9,18-20H2,1-3H3/b15-14+. The molecule has 1 aliphatic heterocycles. The number of hydrogen-bond donors (Lipinski definition) is 0. The van der Waals surface area contributed by atoms with Gasteiger partial charge in [0.15, 0.2) is 0 Å². The van der Waals surface area contributed by atoms with Gasteiger partial charge >= 0.3 is 0 Å². The van der Waals surface area contributed by atoms with Crippen molar-refractivity contribution in [3.8, 4) is 0 Å². The predicted octanol–water partition coefficient (Wildman–Crippen LogP) is 6.06. The Bertz CT molecular complexity index is 913. The summed E-state index contributed by atoms with van der Waals surface area (Å²) in [6, 6.07) is 17.2. The van der Waals surface area contributed by atoms with Crippen molar-refractivity contribution < 1.29 is 8.42 Å². The van der Waals surface area contributed by atoms with Gasteiger partial charge in [0.2, 0.25) is 10.0 Å². The van der Waals surface area contributed by atoms with Gasteiger partial charge in [-0.3, -0.25) is 0 Å². The van der Waals surface area contributed by atoms with Gasteiger partial charge in [-0.2, -0.15) is 4.31 Å². The third-order valence-electron chi connectivity index (χ3n) is 6.54. The summed E-state index contributed by atoms with van der Waals surface area (Å²) in [5.74, 6) is 0. The van der Waals surface area contributed by atoms with Crippen molar-refractivity contribution in [2.24, 2.45) is 5.41 Å². The van der Waals surface area contributed by atoms with Gasteiger partial charge in [0.05, 0.1) is 4.90 Å². The number of rotatable bonds is 6. The zero-order chi connectivity index (χ0) is 20.9. The molecule has 1 heterocycles. The van der Waals surface area contributed by atoms with Crippen LogP contribution in [0.5, 0.6) is 0 Å². The average molecular weight is 412 g/mol. The van der Waals surface area contributed by atoms with Crippen LogP contribution in [0, 0.1) is 12.3 Å². The number of sulfonamides is 1. The zero-order valence-corrected chi connectivity index (χ0v) is 18.7. The zero-order valence-electron chi connectivity index (χ0n) is 17.8. The normalized spacial score (nSPS) is 20.6. The van der Waals surface area contributed by atoms with E-state index in [0.29, 0.717) is 11.4 Å². The first kappa shape index (κ1) is 21.8. The van der Waals surface area contributed by atoms with Gasteiger partial charge in [-0.1, -0.05) is 86.9 Å². The maximum absolute atomic E-state index is 13.6.